The first-order valence-electron chi connectivity index (χ1n) is 6.81. The monoisotopic (exact) mass is 299 g/mol. The van der Waals surface area contributed by atoms with E-state index in [0.29, 0.717) is 23.6 Å². The number of ether oxygens (including phenoxy) is 1. The maximum atomic E-state index is 12.1. The average Bonchev–Trinajstić information content (AvgIpc) is 2.47. The molecule has 0 saturated heterocycles. The van der Waals surface area contributed by atoms with Crippen LogP contribution in [0.1, 0.15) is 33.6 Å². The number of amides is 1. The maximum absolute atomic E-state index is 12.1. The number of rotatable bonds is 7. The van der Waals surface area contributed by atoms with Gasteiger partial charge in [0, 0.05) is 5.02 Å². The van der Waals surface area contributed by atoms with Crippen molar-refractivity contribution >= 4 is 17.5 Å². The number of aliphatic hydroxyl groups is 1. The SMILES string of the molecule is CCC(CC)(CO)NC(=O)C(C)Oc1ccc(Cl)cc1. The molecule has 2 N–H and O–H groups in total. The Bertz CT molecular complexity index is 421. The summed E-state index contributed by atoms with van der Waals surface area (Å²) in [7, 11) is 0. The molecule has 1 aromatic rings. The molecule has 4 nitrogen and oxygen atoms in total. The second kappa shape index (κ2) is 7.50. The second-order valence-electron chi connectivity index (χ2n) is 4.85. The predicted octanol–water partition coefficient (Wildman–Crippen LogP) is 2.77. The zero-order valence-corrected chi connectivity index (χ0v) is 12.9. The third kappa shape index (κ3) is 4.39. The van der Waals surface area contributed by atoms with E-state index >= 15 is 0 Å². The van der Waals surface area contributed by atoms with Gasteiger partial charge in [0.2, 0.25) is 0 Å². The highest BCUT2D eigenvalue weighted by atomic mass is 35.5. The van der Waals surface area contributed by atoms with Crippen LogP contribution in [-0.4, -0.2) is 29.3 Å². The smallest absolute Gasteiger partial charge is 0.261 e. The van der Waals surface area contributed by atoms with Crippen LogP contribution in [0.15, 0.2) is 24.3 Å². The standard InChI is InChI=1S/C15H22ClNO3/c1-4-15(5-2,10-18)17-14(19)11(3)20-13-8-6-12(16)7-9-13/h6-9,11,18H,4-5,10H2,1-3H3,(H,17,19). The Morgan fingerprint density at radius 2 is 1.90 bits per heavy atom. The third-order valence-corrected chi connectivity index (χ3v) is 3.79. The van der Waals surface area contributed by atoms with Crippen molar-refractivity contribution in [2.45, 2.75) is 45.3 Å². The summed E-state index contributed by atoms with van der Waals surface area (Å²) in [5.74, 6) is 0.345. The summed E-state index contributed by atoms with van der Waals surface area (Å²) >= 11 is 5.79. The zero-order valence-electron chi connectivity index (χ0n) is 12.1. The highest BCUT2D eigenvalue weighted by molar-refractivity contribution is 6.30. The highest BCUT2D eigenvalue weighted by Gasteiger charge is 2.29. The molecule has 0 aromatic heterocycles. The molecule has 0 aliphatic rings. The van der Waals surface area contributed by atoms with E-state index in [1.165, 1.54) is 0 Å². The highest BCUT2D eigenvalue weighted by Crippen LogP contribution is 2.18. The van der Waals surface area contributed by atoms with E-state index in [9.17, 15) is 9.90 Å². The molecule has 0 heterocycles. The average molecular weight is 300 g/mol. The molecule has 1 atom stereocenters. The number of halogens is 1. The van der Waals surface area contributed by atoms with Crippen molar-refractivity contribution in [1.29, 1.82) is 0 Å². The first kappa shape index (κ1) is 16.8. The molecule has 1 amide bonds. The van der Waals surface area contributed by atoms with Gasteiger partial charge in [-0.1, -0.05) is 25.4 Å². The molecule has 0 aliphatic heterocycles. The zero-order chi connectivity index (χ0) is 15.2. The third-order valence-electron chi connectivity index (χ3n) is 3.54. The molecule has 112 valence electrons. The van der Waals surface area contributed by atoms with Crippen molar-refractivity contribution in [3.8, 4) is 5.75 Å². The van der Waals surface area contributed by atoms with Gasteiger partial charge < -0.3 is 15.2 Å². The summed E-state index contributed by atoms with van der Waals surface area (Å²) in [5, 5.41) is 12.9. The van der Waals surface area contributed by atoms with Crippen LogP contribution in [0, 0.1) is 0 Å². The van der Waals surface area contributed by atoms with Crippen molar-refractivity contribution < 1.29 is 14.6 Å². The fourth-order valence-corrected chi connectivity index (χ4v) is 1.95. The van der Waals surface area contributed by atoms with Crippen LogP contribution in [-0.2, 0) is 4.79 Å². The van der Waals surface area contributed by atoms with E-state index in [1.54, 1.807) is 31.2 Å². The summed E-state index contributed by atoms with van der Waals surface area (Å²) in [6, 6.07) is 6.84. The lowest BCUT2D eigenvalue weighted by molar-refractivity contribution is -0.130. The predicted molar refractivity (Wildman–Crippen MR) is 80.1 cm³/mol. The first-order chi connectivity index (χ1) is 9.46. The molecule has 0 aliphatic carbocycles. The Kier molecular flexibility index (Phi) is 6.30. The maximum Gasteiger partial charge on any atom is 0.261 e. The normalized spacial score (nSPS) is 12.8. The Balaban J connectivity index is 2.65. The van der Waals surface area contributed by atoms with Gasteiger partial charge >= 0.3 is 0 Å². The van der Waals surface area contributed by atoms with Gasteiger partial charge in [0.1, 0.15) is 5.75 Å². The van der Waals surface area contributed by atoms with Gasteiger partial charge in [-0.25, -0.2) is 0 Å². The summed E-state index contributed by atoms with van der Waals surface area (Å²) in [6.45, 7) is 5.46. The van der Waals surface area contributed by atoms with Gasteiger partial charge in [0.15, 0.2) is 6.10 Å². The molecule has 1 unspecified atom stereocenters. The molecule has 0 radical (unpaired) electrons. The molecule has 0 fully saturated rings. The summed E-state index contributed by atoms with van der Waals surface area (Å²) < 4.78 is 5.56. The van der Waals surface area contributed by atoms with Crippen LogP contribution < -0.4 is 10.1 Å². The van der Waals surface area contributed by atoms with Crippen LogP contribution >= 0.6 is 11.6 Å². The van der Waals surface area contributed by atoms with Gasteiger partial charge in [-0.15, -0.1) is 0 Å². The van der Waals surface area contributed by atoms with Crippen molar-refractivity contribution in [2.75, 3.05) is 6.61 Å². The minimum atomic E-state index is -0.639. The second-order valence-corrected chi connectivity index (χ2v) is 5.29. The molecule has 20 heavy (non-hydrogen) atoms. The minimum Gasteiger partial charge on any atom is -0.481 e. The van der Waals surface area contributed by atoms with Crippen LogP contribution in [0.25, 0.3) is 0 Å². The first-order valence-corrected chi connectivity index (χ1v) is 7.19. The summed E-state index contributed by atoms with van der Waals surface area (Å²) in [5.41, 5.74) is -0.575. The van der Waals surface area contributed by atoms with Crippen LogP contribution in [0.2, 0.25) is 5.02 Å². The Morgan fingerprint density at radius 1 is 1.35 bits per heavy atom. The largest absolute Gasteiger partial charge is 0.481 e. The number of hydrogen-bond donors (Lipinski definition) is 2. The van der Waals surface area contributed by atoms with Crippen LogP contribution in [0.3, 0.4) is 0 Å². The summed E-state index contributed by atoms with van der Waals surface area (Å²) in [6.07, 6.45) is 0.693. The van der Waals surface area contributed by atoms with Gasteiger partial charge in [-0.3, -0.25) is 4.79 Å². The van der Waals surface area contributed by atoms with Gasteiger partial charge in [0.25, 0.3) is 5.91 Å². The number of nitrogens with one attached hydrogen (secondary N) is 1. The van der Waals surface area contributed by atoms with Crippen molar-refractivity contribution in [3.63, 3.8) is 0 Å². The van der Waals surface area contributed by atoms with Gasteiger partial charge in [-0.2, -0.15) is 0 Å². The Labute approximate surface area is 125 Å². The van der Waals surface area contributed by atoms with Crippen molar-refractivity contribution in [2.24, 2.45) is 0 Å². The van der Waals surface area contributed by atoms with E-state index in [-0.39, 0.29) is 12.5 Å². The van der Waals surface area contributed by atoms with Crippen LogP contribution in [0.4, 0.5) is 0 Å². The topological polar surface area (TPSA) is 58.6 Å². The van der Waals surface area contributed by atoms with E-state index in [2.05, 4.69) is 5.32 Å². The fraction of sp³-hybridized carbons (Fsp3) is 0.533. The Morgan fingerprint density at radius 3 is 2.35 bits per heavy atom. The minimum absolute atomic E-state index is 0.0839. The lowest BCUT2D eigenvalue weighted by Crippen LogP contribution is -2.53. The summed E-state index contributed by atoms with van der Waals surface area (Å²) in [4.78, 5) is 12.1. The lowest BCUT2D eigenvalue weighted by atomic mass is 9.93. The van der Waals surface area contributed by atoms with E-state index < -0.39 is 11.6 Å². The van der Waals surface area contributed by atoms with E-state index in [1.807, 2.05) is 13.8 Å². The van der Waals surface area contributed by atoms with Crippen molar-refractivity contribution in [3.05, 3.63) is 29.3 Å². The van der Waals surface area contributed by atoms with Crippen molar-refractivity contribution in [1.82, 2.24) is 5.32 Å². The molecule has 0 spiro atoms. The van der Waals surface area contributed by atoms with Gasteiger partial charge in [-0.05, 0) is 44.0 Å². The number of hydrogen-bond acceptors (Lipinski definition) is 3. The molecule has 0 saturated carbocycles. The number of aliphatic hydroxyl groups excluding tert-OH is 1. The molecule has 0 bridgehead atoms. The molecular weight excluding hydrogens is 278 g/mol. The molecule has 5 heteroatoms. The quantitative estimate of drug-likeness (QED) is 0.814. The lowest BCUT2D eigenvalue weighted by Gasteiger charge is -2.32. The fourth-order valence-electron chi connectivity index (χ4n) is 1.82. The van der Waals surface area contributed by atoms with Gasteiger partial charge in [0.05, 0.1) is 12.1 Å². The number of carbonyl (C=O) groups excluding carboxylic acids is 1. The van der Waals surface area contributed by atoms with E-state index in [4.69, 9.17) is 16.3 Å². The Hall–Kier alpha value is -1.26. The number of carbonyl (C=O) groups is 1. The molecule has 1 aromatic carbocycles. The molecule has 1 rings (SSSR count). The van der Waals surface area contributed by atoms with Crippen LogP contribution in [0.5, 0.6) is 5.75 Å². The number of benzene rings is 1. The molecular formula is C15H22ClNO3. The van der Waals surface area contributed by atoms with E-state index in [0.717, 1.165) is 0 Å².